The highest BCUT2D eigenvalue weighted by Gasteiger charge is 2.23. The minimum atomic E-state index is -3.71. The first kappa shape index (κ1) is 16.1. The molecule has 0 amide bonds. The van der Waals surface area contributed by atoms with Gasteiger partial charge in [-0.05, 0) is 28.9 Å². The molecular weight excluding hydrogens is 360 g/mol. The Labute approximate surface area is 131 Å². The van der Waals surface area contributed by atoms with Crippen LogP contribution in [-0.4, -0.2) is 24.7 Å². The highest BCUT2D eigenvalue weighted by molar-refractivity contribution is 9.10. The highest BCUT2D eigenvalue weighted by atomic mass is 79.9. The fourth-order valence-electron chi connectivity index (χ4n) is 1.74. The first-order valence-electron chi connectivity index (χ1n) is 6.42. The third-order valence-electron chi connectivity index (χ3n) is 2.68. The van der Waals surface area contributed by atoms with Crippen LogP contribution >= 0.6 is 15.9 Å². The predicted octanol–water partition coefficient (Wildman–Crippen LogP) is 2.08. The van der Waals surface area contributed by atoms with Gasteiger partial charge in [0.15, 0.2) is 4.67 Å². The van der Waals surface area contributed by atoms with Gasteiger partial charge in [0, 0.05) is 19.3 Å². The fraction of sp³-hybridized carbons (Fsp3) is 0.417. The zero-order chi connectivity index (χ0) is 15.5. The molecule has 2 rings (SSSR count). The van der Waals surface area contributed by atoms with Crippen molar-refractivity contribution >= 4 is 31.6 Å². The molecule has 0 unspecified atom stereocenters. The average Bonchev–Trinajstić information content (AvgIpc) is 2.96. The maximum absolute atomic E-state index is 12.3. The quantitative estimate of drug-likeness (QED) is 0.722. The largest absolute Gasteiger partial charge is 0.451 e. The van der Waals surface area contributed by atoms with Crippen LogP contribution in [0.5, 0.6) is 0 Å². The van der Waals surface area contributed by atoms with E-state index in [0.717, 1.165) is 13.0 Å². The van der Waals surface area contributed by atoms with Gasteiger partial charge in [-0.2, -0.15) is 5.10 Å². The van der Waals surface area contributed by atoms with Crippen LogP contribution in [0.2, 0.25) is 0 Å². The highest BCUT2D eigenvalue weighted by Crippen LogP contribution is 2.27. The lowest BCUT2D eigenvalue weighted by molar-refractivity contribution is 0.461. The van der Waals surface area contributed by atoms with Crippen molar-refractivity contribution in [2.45, 2.75) is 24.8 Å². The van der Waals surface area contributed by atoms with Crippen molar-refractivity contribution in [1.29, 1.82) is 0 Å². The number of hydrogen-bond donors (Lipinski definition) is 2. The van der Waals surface area contributed by atoms with Crippen molar-refractivity contribution in [3.63, 3.8) is 0 Å². The second-order valence-corrected chi connectivity index (χ2v) is 6.91. The van der Waals surface area contributed by atoms with E-state index in [1.807, 2.05) is 0 Å². The van der Waals surface area contributed by atoms with E-state index in [2.05, 4.69) is 38.0 Å². The summed E-state index contributed by atoms with van der Waals surface area (Å²) in [6, 6.07) is 1.51. The van der Waals surface area contributed by atoms with E-state index < -0.39 is 10.0 Å². The van der Waals surface area contributed by atoms with Crippen molar-refractivity contribution in [3.05, 3.63) is 28.9 Å². The van der Waals surface area contributed by atoms with Crippen LogP contribution in [0, 0.1) is 0 Å². The van der Waals surface area contributed by atoms with E-state index >= 15 is 0 Å². The second-order valence-electron chi connectivity index (χ2n) is 4.54. The van der Waals surface area contributed by atoms with E-state index in [1.54, 1.807) is 13.2 Å². The molecule has 0 aliphatic rings. The monoisotopic (exact) mass is 376 g/mol. The van der Waals surface area contributed by atoms with E-state index in [9.17, 15) is 8.42 Å². The Balaban J connectivity index is 2.16. The zero-order valence-electron chi connectivity index (χ0n) is 11.8. The van der Waals surface area contributed by atoms with Gasteiger partial charge < -0.3 is 9.73 Å². The summed E-state index contributed by atoms with van der Waals surface area (Å²) in [7, 11) is -2.00. The molecule has 2 N–H and O–H groups in total. The fourth-order valence-corrected chi connectivity index (χ4v) is 3.77. The summed E-state index contributed by atoms with van der Waals surface area (Å²) >= 11 is 3.15. The van der Waals surface area contributed by atoms with Gasteiger partial charge in [0.05, 0.1) is 18.4 Å². The van der Waals surface area contributed by atoms with Gasteiger partial charge in [-0.25, -0.2) is 8.42 Å². The Morgan fingerprint density at radius 1 is 1.48 bits per heavy atom. The SMILES string of the molecule is CCCNCc1cc(S(=O)(=O)Nc2cnn(C)c2)c(Br)o1. The number of aryl methyl sites for hydroxylation is 1. The summed E-state index contributed by atoms with van der Waals surface area (Å²) in [5, 5.41) is 7.07. The predicted molar refractivity (Wildman–Crippen MR) is 82.4 cm³/mol. The molecular formula is C12H17BrN4O3S. The first-order valence-corrected chi connectivity index (χ1v) is 8.70. The van der Waals surface area contributed by atoms with Gasteiger partial charge in [-0.1, -0.05) is 6.92 Å². The number of sulfonamides is 1. The number of anilines is 1. The molecule has 7 nitrogen and oxygen atoms in total. The van der Waals surface area contributed by atoms with Crippen molar-refractivity contribution in [3.8, 4) is 0 Å². The molecule has 0 fully saturated rings. The van der Waals surface area contributed by atoms with Crippen LogP contribution in [0.25, 0.3) is 0 Å². The van der Waals surface area contributed by atoms with E-state index in [0.29, 0.717) is 18.0 Å². The third kappa shape index (κ3) is 4.08. The number of rotatable bonds is 7. The molecule has 2 heterocycles. The lowest BCUT2D eigenvalue weighted by atomic mass is 10.4. The average molecular weight is 377 g/mol. The Bertz CT molecular complexity index is 708. The number of aromatic nitrogens is 2. The van der Waals surface area contributed by atoms with Crippen molar-refractivity contribution < 1.29 is 12.8 Å². The molecule has 0 saturated heterocycles. The van der Waals surface area contributed by atoms with Gasteiger partial charge in [0.2, 0.25) is 0 Å². The minimum Gasteiger partial charge on any atom is -0.451 e. The number of nitrogens with one attached hydrogen (secondary N) is 2. The molecule has 2 aromatic rings. The lowest BCUT2D eigenvalue weighted by Gasteiger charge is -2.03. The summed E-state index contributed by atoms with van der Waals surface area (Å²) in [5.41, 5.74) is 0.399. The second kappa shape index (κ2) is 6.63. The van der Waals surface area contributed by atoms with Crippen molar-refractivity contribution in [1.82, 2.24) is 15.1 Å². The van der Waals surface area contributed by atoms with Crippen LogP contribution in [0.1, 0.15) is 19.1 Å². The lowest BCUT2D eigenvalue weighted by Crippen LogP contribution is -2.14. The van der Waals surface area contributed by atoms with Crippen LogP contribution in [0.15, 0.2) is 32.4 Å². The maximum atomic E-state index is 12.3. The van der Waals surface area contributed by atoms with E-state index in [1.165, 1.54) is 16.9 Å². The van der Waals surface area contributed by atoms with Crippen LogP contribution < -0.4 is 10.0 Å². The van der Waals surface area contributed by atoms with Gasteiger partial charge in [-0.15, -0.1) is 0 Å². The number of halogens is 1. The number of furan rings is 1. The first-order chi connectivity index (χ1) is 9.92. The van der Waals surface area contributed by atoms with Gasteiger partial charge in [-0.3, -0.25) is 9.40 Å². The summed E-state index contributed by atoms with van der Waals surface area (Å²) < 4.78 is 34.2. The normalized spacial score (nSPS) is 11.8. The molecule has 0 aromatic carbocycles. The Hall–Kier alpha value is -1.32. The molecule has 0 radical (unpaired) electrons. The van der Waals surface area contributed by atoms with Crippen LogP contribution in [-0.2, 0) is 23.6 Å². The van der Waals surface area contributed by atoms with Gasteiger partial charge in [0.1, 0.15) is 10.7 Å². The maximum Gasteiger partial charge on any atom is 0.266 e. The topological polar surface area (TPSA) is 89.2 Å². The number of nitrogens with zero attached hydrogens (tertiary/aromatic N) is 2. The zero-order valence-corrected chi connectivity index (χ0v) is 14.2. The molecule has 2 aromatic heterocycles. The Morgan fingerprint density at radius 3 is 2.86 bits per heavy atom. The Kier molecular flexibility index (Phi) is 5.07. The van der Waals surface area contributed by atoms with Crippen LogP contribution in [0.4, 0.5) is 5.69 Å². The molecule has 0 aliphatic heterocycles. The van der Waals surface area contributed by atoms with Crippen molar-refractivity contribution in [2.24, 2.45) is 7.05 Å². The van der Waals surface area contributed by atoms with E-state index in [4.69, 9.17) is 4.42 Å². The summed E-state index contributed by atoms with van der Waals surface area (Å²) in [4.78, 5) is 0.0691. The molecule has 0 bridgehead atoms. The molecule has 0 saturated carbocycles. The minimum absolute atomic E-state index is 0.0691. The molecule has 0 spiro atoms. The van der Waals surface area contributed by atoms with Gasteiger partial charge >= 0.3 is 0 Å². The summed E-state index contributed by atoms with van der Waals surface area (Å²) in [6.45, 7) is 3.38. The smallest absolute Gasteiger partial charge is 0.266 e. The molecule has 21 heavy (non-hydrogen) atoms. The summed E-state index contributed by atoms with van der Waals surface area (Å²) in [6.07, 6.45) is 4.01. The van der Waals surface area contributed by atoms with Gasteiger partial charge in [0.25, 0.3) is 10.0 Å². The summed E-state index contributed by atoms with van der Waals surface area (Å²) in [5.74, 6) is 0.557. The van der Waals surface area contributed by atoms with Crippen LogP contribution in [0.3, 0.4) is 0 Å². The standard InChI is InChI=1S/C12H17BrN4O3S/c1-3-4-14-7-10-5-11(12(13)20-10)21(18,19)16-9-6-15-17(2)8-9/h5-6,8,14,16H,3-4,7H2,1-2H3. The Morgan fingerprint density at radius 2 is 2.24 bits per heavy atom. The molecule has 116 valence electrons. The number of hydrogen-bond acceptors (Lipinski definition) is 5. The van der Waals surface area contributed by atoms with E-state index in [-0.39, 0.29) is 9.56 Å². The third-order valence-corrected chi connectivity index (χ3v) is 4.92. The molecule has 0 atom stereocenters. The van der Waals surface area contributed by atoms with Crippen molar-refractivity contribution in [2.75, 3.05) is 11.3 Å². The molecule has 9 heteroatoms. The molecule has 0 aliphatic carbocycles.